The van der Waals surface area contributed by atoms with Crippen LogP contribution in [-0.4, -0.2) is 72.1 Å². The van der Waals surface area contributed by atoms with Gasteiger partial charge in [0.15, 0.2) is 63.5 Å². The van der Waals surface area contributed by atoms with Crippen molar-refractivity contribution in [3.63, 3.8) is 0 Å². The first-order valence-electron chi connectivity index (χ1n) is 33.9. The Hall–Kier alpha value is -12.5. The van der Waals surface area contributed by atoms with Gasteiger partial charge in [-0.2, -0.15) is 0 Å². The molecule has 13 nitrogen and oxygen atoms in total. The summed E-state index contributed by atoms with van der Waals surface area (Å²) in [4.78, 5) is 112. The summed E-state index contributed by atoms with van der Waals surface area (Å²) in [6.45, 7) is 26.2. The van der Waals surface area contributed by atoms with Crippen molar-refractivity contribution in [1.82, 2.24) is 0 Å². The summed E-state index contributed by atoms with van der Waals surface area (Å²) in [5, 5.41) is 5.72. The van der Waals surface area contributed by atoms with Gasteiger partial charge >= 0.3 is 0 Å². The molecule has 0 bridgehead atoms. The number of benzene rings is 12. The van der Waals surface area contributed by atoms with Crippen LogP contribution in [0.3, 0.4) is 0 Å². The first-order valence-corrected chi connectivity index (χ1v) is 34.6. The molecule has 0 aliphatic heterocycles. The van der Waals surface area contributed by atoms with Gasteiger partial charge in [0.1, 0.15) is 11.5 Å². The van der Waals surface area contributed by atoms with Crippen molar-refractivity contribution in [1.29, 1.82) is 0 Å². The molecule has 15 heteroatoms. The first-order chi connectivity index (χ1) is 51.4. The monoisotopic (exact) mass is 1480 g/mol. The molecule has 0 saturated carbocycles. The molecule has 12 aromatic carbocycles. The Morgan fingerprint density at radius 3 is 1.05 bits per heavy atom. The van der Waals surface area contributed by atoms with E-state index in [1.807, 2.05) is 184 Å². The van der Waals surface area contributed by atoms with E-state index < -0.39 is 0 Å². The normalized spacial score (nSPS) is 9.47. The van der Waals surface area contributed by atoms with Crippen molar-refractivity contribution in [2.24, 2.45) is 0 Å². The predicted octanol–water partition coefficient (Wildman–Crippen LogP) is 23.7. The fourth-order valence-electron chi connectivity index (χ4n) is 9.10. The molecule has 0 unspecified atom stereocenters. The van der Waals surface area contributed by atoms with Crippen LogP contribution >= 0.6 is 23.2 Å². The number of carbonyl (C=O) groups is 10. The molecular weight excluding hydrogens is 1390 g/mol. The summed E-state index contributed by atoms with van der Waals surface area (Å²) in [5.41, 5.74) is 10.2. The van der Waals surface area contributed by atoms with Crippen molar-refractivity contribution in [3.8, 4) is 11.5 Å². The summed E-state index contributed by atoms with van der Waals surface area (Å²) in [6.07, 6.45) is 0. The van der Waals surface area contributed by atoms with Crippen LogP contribution in [0.2, 0.25) is 10.0 Å². The summed E-state index contributed by atoms with van der Waals surface area (Å²) in [6, 6.07) is 86.4. The molecule has 12 aromatic rings. The number of fused-ring (bicyclic) bond motifs is 2. The standard InChI is InChI=1S/2C12H10O.C9H7NO.2C9H10O2.2C9H10O.2C8H7ClO.C8H8O/c1-9(13)11-8-4-6-10-5-2-3-7-12(10)11;1-9(13)11-7-6-10-4-2-3-5-12(10)8-11;1-7(11)8-3-5-9(10-2)6-4-8;1-7(10)8-3-5-9(11-2)6-4-8;1-7(10)8-4-3-5-9(6-8)11-2;1-7-3-5-9(6-4-7)8(2)10;1-7-4-3-5-9(6-7)8(2)10;1-6(10)7-2-4-8(9)5-3-7;1-6(10)7-3-2-4-8(9)5-7;1-7(9)8-5-3-2-4-6-8/h2*2-8H,1H3;3-6H,1H3;2*3-6H,1-2H3;2*3-6H,1-2H3;2*2-5H,1H3;2-6H,1H3. The first kappa shape index (κ1) is 89.7. The van der Waals surface area contributed by atoms with Gasteiger partial charge in [0.25, 0.3) is 0 Å². The second-order valence-corrected chi connectivity index (χ2v) is 24.8. The quantitative estimate of drug-likeness (QED) is 0.0831. The summed E-state index contributed by atoms with van der Waals surface area (Å²) < 4.78 is 9.89. The Kier molecular flexibility index (Phi) is 40.3. The Labute approximate surface area is 644 Å². The molecular formula is C93H89Cl2NO12. The Morgan fingerprint density at radius 2 is 0.620 bits per heavy atom. The van der Waals surface area contributed by atoms with Gasteiger partial charge in [0, 0.05) is 65.7 Å². The summed E-state index contributed by atoms with van der Waals surface area (Å²) in [5.74, 6) is 2.38. The number of aryl methyl sites for hydroxylation is 2. The molecule has 0 saturated heterocycles. The number of Topliss-reactive ketones (excluding diaryl/α,β-unsaturated/α-hetero) is 10. The van der Waals surface area contributed by atoms with Crippen LogP contribution in [0.1, 0.15) is 184 Å². The van der Waals surface area contributed by atoms with E-state index in [1.54, 1.807) is 171 Å². The van der Waals surface area contributed by atoms with Crippen molar-refractivity contribution in [2.45, 2.75) is 83.1 Å². The van der Waals surface area contributed by atoms with Crippen molar-refractivity contribution >= 4 is 108 Å². The van der Waals surface area contributed by atoms with Crippen LogP contribution < -0.4 is 9.47 Å². The highest BCUT2D eigenvalue weighted by atomic mass is 35.5. The zero-order valence-electron chi connectivity index (χ0n) is 63.2. The number of ether oxygens (including phenoxy) is 2. The lowest BCUT2D eigenvalue weighted by Crippen LogP contribution is -1.92. The van der Waals surface area contributed by atoms with Gasteiger partial charge in [-0.3, -0.25) is 47.9 Å². The highest BCUT2D eigenvalue weighted by Crippen LogP contribution is 2.21. The number of hydrogen-bond donors (Lipinski definition) is 0. The van der Waals surface area contributed by atoms with Gasteiger partial charge in [-0.15, -0.1) is 0 Å². The molecule has 0 radical (unpaired) electrons. The molecule has 12 rings (SSSR count). The van der Waals surface area contributed by atoms with Gasteiger partial charge in [-0.25, -0.2) is 4.85 Å². The van der Waals surface area contributed by atoms with E-state index in [9.17, 15) is 47.9 Å². The van der Waals surface area contributed by atoms with Crippen LogP contribution in [-0.2, 0) is 0 Å². The van der Waals surface area contributed by atoms with Gasteiger partial charge < -0.3 is 9.47 Å². The zero-order chi connectivity index (χ0) is 80.3. The minimum absolute atomic E-state index is 0.0292. The molecule has 0 spiro atoms. The maximum Gasteiger partial charge on any atom is 0.187 e. The van der Waals surface area contributed by atoms with E-state index in [4.69, 9.17) is 39.2 Å². The molecule has 0 N–H and O–H groups in total. The van der Waals surface area contributed by atoms with E-state index in [0.717, 1.165) is 61.0 Å². The molecule has 0 aliphatic carbocycles. The van der Waals surface area contributed by atoms with Gasteiger partial charge in [-0.1, -0.05) is 235 Å². The number of methoxy groups -OCH3 is 2. The lowest BCUT2D eigenvalue weighted by atomic mass is 10.0. The van der Waals surface area contributed by atoms with Crippen molar-refractivity contribution < 1.29 is 57.4 Å². The second kappa shape index (κ2) is 48.5. The van der Waals surface area contributed by atoms with E-state index >= 15 is 0 Å². The third-order valence-corrected chi connectivity index (χ3v) is 15.7. The van der Waals surface area contributed by atoms with Crippen LogP contribution in [0.25, 0.3) is 26.4 Å². The summed E-state index contributed by atoms with van der Waals surface area (Å²) in [7, 11) is 3.18. The third-order valence-electron chi connectivity index (χ3n) is 15.2. The van der Waals surface area contributed by atoms with Gasteiger partial charge in [-0.05, 0) is 190 Å². The lowest BCUT2D eigenvalue weighted by Gasteiger charge is -2.01. The zero-order valence-corrected chi connectivity index (χ0v) is 64.7. The van der Waals surface area contributed by atoms with Crippen LogP contribution in [0, 0.1) is 20.4 Å². The second-order valence-electron chi connectivity index (χ2n) is 23.9. The van der Waals surface area contributed by atoms with Gasteiger partial charge in [0.2, 0.25) is 0 Å². The minimum Gasteiger partial charge on any atom is -0.497 e. The van der Waals surface area contributed by atoms with E-state index in [1.165, 1.54) is 38.6 Å². The maximum atomic E-state index is 11.3. The van der Waals surface area contributed by atoms with Gasteiger partial charge in [0.05, 0.1) is 20.8 Å². The molecule has 552 valence electrons. The average molecular weight is 1480 g/mol. The number of hydrogen-bond acceptors (Lipinski definition) is 12. The maximum absolute atomic E-state index is 11.3. The smallest absolute Gasteiger partial charge is 0.187 e. The highest BCUT2D eigenvalue weighted by molar-refractivity contribution is 6.31. The molecule has 0 aliphatic rings. The van der Waals surface area contributed by atoms with Crippen LogP contribution in [0.4, 0.5) is 5.69 Å². The Bertz CT molecular complexity index is 4880. The molecule has 108 heavy (non-hydrogen) atoms. The van der Waals surface area contributed by atoms with E-state index in [0.29, 0.717) is 43.5 Å². The molecule has 0 atom stereocenters. The van der Waals surface area contributed by atoms with E-state index in [-0.39, 0.29) is 57.8 Å². The molecule has 0 fully saturated rings. The number of halogens is 2. The minimum atomic E-state index is 0.0292. The molecule has 0 heterocycles. The lowest BCUT2D eigenvalue weighted by molar-refractivity contribution is 0.100. The fraction of sp³-hybridized carbons (Fsp3) is 0.151. The molecule has 0 amide bonds. The van der Waals surface area contributed by atoms with Crippen LogP contribution in [0.5, 0.6) is 11.5 Å². The highest BCUT2D eigenvalue weighted by Gasteiger charge is 2.06. The van der Waals surface area contributed by atoms with Crippen molar-refractivity contribution in [2.75, 3.05) is 14.2 Å². The Balaban J connectivity index is 0.000000312. The largest absolute Gasteiger partial charge is 0.497 e. The number of ketones is 10. The summed E-state index contributed by atoms with van der Waals surface area (Å²) >= 11 is 11.2. The van der Waals surface area contributed by atoms with Crippen molar-refractivity contribution in [3.05, 3.63) is 373 Å². The van der Waals surface area contributed by atoms with E-state index in [2.05, 4.69) is 4.85 Å². The fourth-order valence-corrected chi connectivity index (χ4v) is 9.41. The molecule has 0 aromatic heterocycles. The predicted molar refractivity (Wildman–Crippen MR) is 438 cm³/mol. The van der Waals surface area contributed by atoms with Crippen LogP contribution in [0.15, 0.2) is 285 Å². The number of carbonyl (C=O) groups excluding carboxylic acids is 10. The third kappa shape index (κ3) is 34.4. The Morgan fingerprint density at radius 1 is 0.269 bits per heavy atom. The average Bonchev–Trinajstić information content (AvgIpc) is 0.828. The number of rotatable bonds is 12. The number of nitrogens with zero attached hydrogens (tertiary/aromatic N) is 1. The SMILES string of the molecule is CC(=O)c1ccc(C)cc1.CC(=O)c1ccc(Cl)cc1.CC(=O)c1ccc2ccccc2c1.CC(=O)c1cccc(C)c1.CC(=O)c1cccc(Cl)c1.CC(=O)c1cccc2ccccc12.CC(=O)c1ccccc1.COc1ccc(C(C)=O)cc1.COc1cccc(C(C)=O)c1.[C-]#[N+]c1ccc(C(C)=O)cc1. The topological polar surface area (TPSA) is 194 Å².